The normalized spacial score (nSPS) is 16.9. The monoisotopic (exact) mass is 333 g/mol. The number of piperidine rings is 1. The lowest BCUT2D eigenvalue weighted by molar-refractivity contribution is -0.139. The van der Waals surface area contributed by atoms with Crippen molar-refractivity contribution in [3.8, 4) is 0 Å². The third kappa shape index (κ3) is 4.94. The summed E-state index contributed by atoms with van der Waals surface area (Å²) in [6.07, 6.45) is 4.23. The maximum atomic E-state index is 12.2. The highest BCUT2D eigenvalue weighted by molar-refractivity contribution is 5.96. The van der Waals surface area contributed by atoms with Crippen LogP contribution in [0.25, 0.3) is 0 Å². The fourth-order valence-electron chi connectivity index (χ4n) is 2.88. The van der Waals surface area contributed by atoms with E-state index in [0.717, 1.165) is 37.7 Å². The van der Waals surface area contributed by atoms with Crippen LogP contribution in [-0.2, 0) is 4.79 Å². The number of hydrogen-bond acceptors (Lipinski definition) is 4. The van der Waals surface area contributed by atoms with Crippen molar-refractivity contribution in [1.82, 2.24) is 10.3 Å². The third-order valence-electron chi connectivity index (χ3n) is 4.43. The molecule has 0 radical (unpaired) electrons. The van der Waals surface area contributed by atoms with Crippen LogP contribution in [0.3, 0.4) is 0 Å². The largest absolute Gasteiger partial charge is 0.480 e. The van der Waals surface area contributed by atoms with E-state index < -0.39 is 17.9 Å². The Hall–Kier alpha value is -2.11. The highest BCUT2D eigenvalue weighted by Gasteiger charge is 2.22. The first kappa shape index (κ1) is 18.2. The average molecular weight is 333 g/mol. The molecule has 24 heavy (non-hydrogen) atoms. The zero-order chi connectivity index (χ0) is 17.7. The van der Waals surface area contributed by atoms with E-state index in [-0.39, 0.29) is 5.92 Å². The van der Waals surface area contributed by atoms with E-state index in [4.69, 9.17) is 0 Å². The molecule has 0 bridgehead atoms. The fraction of sp³-hybridized carbons (Fsp3) is 0.611. The van der Waals surface area contributed by atoms with Gasteiger partial charge >= 0.3 is 5.97 Å². The van der Waals surface area contributed by atoms with Crippen LogP contribution in [0.1, 0.15) is 50.4 Å². The molecule has 1 saturated heterocycles. The van der Waals surface area contributed by atoms with E-state index in [2.05, 4.69) is 22.1 Å². The Labute approximate surface area is 143 Å². The number of amides is 1. The third-order valence-corrected chi connectivity index (χ3v) is 4.43. The van der Waals surface area contributed by atoms with E-state index in [9.17, 15) is 14.7 Å². The Morgan fingerprint density at radius 1 is 1.33 bits per heavy atom. The molecule has 0 aliphatic carbocycles. The maximum Gasteiger partial charge on any atom is 0.326 e. The number of rotatable bonds is 6. The van der Waals surface area contributed by atoms with Gasteiger partial charge in [0.15, 0.2) is 0 Å². The van der Waals surface area contributed by atoms with E-state index >= 15 is 0 Å². The van der Waals surface area contributed by atoms with Gasteiger partial charge in [-0.25, -0.2) is 9.78 Å². The van der Waals surface area contributed by atoms with Crippen molar-refractivity contribution in [1.29, 1.82) is 0 Å². The summed E-state index contributed by atoms with van der Waals surface area (Å²) in [6.45, 7) is 8.08. The van der Waals surface area contributed by atoms with Crippen molar-refractivity contribution in [2.45, 2.75) is 46.1 Å². The van der Waals surface area contributed by atoms with Gasteiger partial charge in [-0.3, -0.25) is 4.79 Å². The number of anilines is 1. The quantitative estimate of drug-likeness (QED) is 0.836. The van der Waals surface area contributed by atoms with Crippen molar-refractivity contribution in [2.24, 2.45) is 11.8 Å². The summed E-state index contributed by atoms with van der Waals surface area (Å²) in [4.78, 5) is 30.1. The number of carboxylic acids is 1. The fourth-order valence-corrected chi connectivity index (χ4v) is 2.88. The summed E-state index contributed by atoms with van der Waals surface area (Å²) in [6, 6.07) is 2.67. The molecule has 6 nitrogen and oxygen atoms in total. The van der Waals surface area contributed by atoms with Gasteiger partial charge in [-0.15, -0.1) is 0 Å². The minimum atomic E-state index is -1.01. The first-order valence-electron chi connectivity index (χ1n) is 8.61. The van der Waals surface area contributed by atoms with Crippen molar-refractivity contribution >= 4 is 17.7 Å². The van der Waals surface area contributed by atoms with Crippen LogP contribution >= 0.6 is 0 Å². The number of carboxylic acid groups (broad SMARTS) is 1. The molecule has 0 spiro atoms. The van der Waals surface area contributed by atoms with Crippen LogP contribution in [0, 0.1) is 11.8 Å². The highest BCUT2D eigenvalue weighted by atomic mass is 16.4. The van der Waals surface area contributed by atoms with Crippen LogP contribution in [0.15, 0.2) is 18.3 Å². The van der Waals surface area contributed by atoms with Crippen LogP contribution in [-0.4, -0.2) is 41.1 Å². The molecule has 132 valence electrons. The SMILES string of the molecule is CC(C)C[C@H](NC(=O)c1ccc(N2CCC(C)CC2)nc1)C(=O)O. The molecule has 1 aromatic heterocycles. The second-order valence-electron chi connectivity index (χ2n) is 7.07. The zero-order valence-corrected chi connectivity index (χ0v) is 14.7. The second-order valence-corrected chi connectivity index (χ2v) is 7.07. The summed E-state index contributed by atoms with van der Waals surface area (Å²) >= 11 is 0. The molecule has 1 atom stereocenters. The summed E-state index contributed by atoms with van der Waals surface area (Å²) < 4.78 is 0. The molecule has 0 aromatic carbocycles. The molecular formula is C18H27N3O3. The predicted octanol–water partition coefficient (Wildman–Crippen LogP) is 2.55. The Kier molecular flexibility index (Phi) is 6.17. The first-order chi connectivity index (χ1) is 11.4. The van der Waals surface area contributed by atoms with Gasteiger partial charge in [0.05, 0.1) is 5.56 Å². The minimum Gasteiger partial charge on any atom is -0.480 e. The van der Waals surface area contributed by atoms with Crippen LogP contribution in [0.4, 0.5) is 5.82 Å². The van der Waals surface area contributed by atoms with Gasteiger partial charge in [-0.1, -0.05) is 20.8 Å². The Bertz CT molecular complexity index is 563. The van der Waals surface area contributed by atoms with Gasteiger partial charge in [-0.05, 0) is 43.2 Å². The summed E-state index contributed by atoms with van der Waals surface area (Å²) in [5, 5.41) is 11.8. The van der Waals surface area contributed by atoms with Crippen LogP contribution in [0.5, 0.6) is 0 Å². The molecule has 1 aliphatic heterocycles. The number of nitrogens with zero attached hydrogens (tertiary/aromatic N) is 2. The number of pyridine rings is 1. The lowest BCUT2D eigenvalue weighted by atomic mass is 9.99. The topological polar surface area (TPSA) is 82.5 Å². The number of aromatic nitrogens is 1. The van der Waals surface area contributed by atoms with Crippen molar-refractivity contribution in [3.05, 3.63) is 23.9 Å². The molecule has 1 aliphatic rings. The number of carbonyl (C=O) groups is 2. The van der Waals surface area contributed by atoms with Crippen molar-refractivity contribution in [3.63, 3.8) is 0 Å². The number of carbonyl (C=O) groups excluding carboxylic acids is 1. The molecule has 6 heteroatoms. The standard InChI is InChI=1S/C18H27N3O3/c1-12(2)10-15(18(23)24)20-17(22)14-4-5-16(19-11-14)21-8-6-13(3)7-9-21/h4-5,11-13,15H,6-10H2,1-3H3,(H,20,22)(H,23,24)/t15-/m0/s1. The van der Waals surface area contributed by atoms with Gasteiger partial charge < -0.3 is 15.3 Å². The lowest BCUT2D eigenvalue weighted by Gasteiger charge is -2.31. The van der Waals surface area contributed by atoms with E-state index in [1.165, 1.54) is 6.20 Å². The van der Waals surface area contributed by atoms with Crippen molar-refractivity contribution < 1.29 is 14.7 Å². The number of nitrogens with one attached hydrogen (secondary N) is 1. The number of hydrogen-bond donors (Lipinski definition) is 2. The van der Waals surface area contributed by atoms with Gasteiger partial charge in [0, 0.05) is 19.3 Å². The van der Waals surface area contributed by atoms with Crippen LogP contribution in [0.2, 0.25) is 0 Å². The molecule has 1 amide bonds. The molecule has 0 unspecified atom stereocenters. The summed E-state index contributed by atoms with van der Waals surface area (Å²) in [5.74, 6) is 0.405. The molecule has 1 aromatic rings. The molecule has 1 fully saturated rings. The predicted molar refractivity (Wildman–Crippen MR) is 93.2 cm³/mol. The lowest BCUT2D eigenvalue weighted by Crippen LogP contribution is -2.41. The number of aliphatic carboxylic acids is 1. The van der Waals surface area contributed by atoms with Gasteiger partial charge in [0.1, 0.15) is 11.9 Å². The average Bonchev–Trinajstić information content (AvgIpc) is 2.54. The Morgan fingerprint density at radius 2 is 2.00 bits per heavy atom. The van der Waals surface area contributed by atoms with Crippen molar-refractivity contribution in [2.75, 3.05) is 18.0 Å². The zero-order valence-electron chi connectivity index (χ0n) is 14.7. The molecular weight excluding hydrogens is 306 g/mol. The second kappa shape index (κ2) is 8.13. The molecule has 2 N–H and O–H groups in total. The minimum absolute atomic E-state index is 0.188. The smallest absolute Gasteiger partial charge is 0.326 e. The molecule has 2 heterocycles. The molecule has 0 saturated carbocycles. The van der Waals surface area contributed by atoms with Gasteiger partial charge in [0.25, 0.3) is 5.91 Å². The van der Waals surface area contributed by atoms with Gasteiger partial charge in [-0.2, -0.15) is 0 Å². The Morgan fingerprint density at radius 3 is 2.50 bits per heavy atom. The Balaban J connectivity index is 1.99. The maximum absolute atomic E-state index is 12.2. The summed E-state index contributed by atoms with van der Waals surface area (Å²) in [7, 11) is 0. The summed E-state index contributed by atoms with van der Waals surface area (Å²) in [5.41, 5.74) is 0.388. The molecule has 2 rings (SSSR count). The van der Waals surface area contributed by atoms with E-state index in [1.54, 1.807) is 6.07 Å². The van der Waals surface area contributed by atoms with E-state index in [0.29, 0.717) is 12.0 Å². The highest BCUT2D eigenvalue weighted by Crippen LogP contribution is 2.21. The van der Waals surface area contributed by atoms with Crippen LogP contribution < -0.4 is 10.2 Å². The first-order valence-corrected chi connectivity index (χ1v) is 8.61. The van der Waals surface area contributed by atoms with E-state index in [1.807, 2.05) is 19.9 Å². The van der Waals surface area contributed by atoms with Gasteiger partial charge in [0.2, 0.25) is 0 Å².